The maximum atomic E-state index is 12.6. The van der Waals surface area contributed by atoms with Crippen LogP contribution in [-0.4, -0.2) is 55.3 Å². The van der Waals surface area contributed by atoms with Crippen molar-refractivity contribution < 1.29 is 14.3 Å². The van der Waals surface area contributed by atoms with Crippen molar-refractivity contribution in [1.29, 1.82) is 0 Å². The molecule has 3 heterocycles. The van der Waals surface area contributed by atoms with Gasteiger partial charge in [0.05, 0.1) is 0 Å². The Hall–Kier alpha value is -1.95. The number of nitrogens with zero attached hydrogens (tertiary/aromatic N) is 2. The Kier molecular flexibility index (Phi) is 3.33. The molecule has 1 aromatic rings. The summed E-state index contributed by atoms with van der Waals surface area (Å²) in [7, 11) is 2.13. The van der Waals surface area contributed by atoms with E-state index >= 15 is 0 Å². The molecule has 0 aromatic heterocycles. The average Bonchev–Trinajstić information content (AvgIpc) is 3.12. The number of piperidine rings is 1. The molecule has 4 rings (SSSR count). The van der Waals surface area contributed by atoms with Crippen molar-refractivity contribution in [1.82, 2.24) is 9.80 Å². The number of likely N-dealkylation sites (tertiary alicyclic amines) is 2. The predicted octanol–water partition coefficient (Wildman–Crippen LogP) is 1.97. The summed E-state index contributed by atoms with van der Waals surface area (Å²) in [6.07, 6.45) is 2.31. The molecule has 6 heteroatoms. The molecule has 0 unspecified atom stereocenters. The van der Waals surface area contributed by atoms with Crippen LogP contribution >= 0.6 is 0 Å². The van der Waals surface area contributed by atoms with Gasteiger partial charge in [0.25, 0.3) is 0 Å². The fraction of sp³-hybridized carbons (Fsp3) is 0.562. The van der Waals surface area contributed by atoms with E-state index in [1.54, 1.807) is 0 Å². The summed E-state index contributed by atoms with van der Waals surface area (Å²) >= 11 is 0. The summed E-state index contributed by atoms with van der Waals surface area (Å²) in [4.78, 5) is 16.9. The molecule has 0 saturated carbocycles. The topological polar surface area (TPSA) is 54.0 Å². The molecule has 1 aromatic carbocycles. The number of hydrogen-bond acceptors (Lipinski definition) is 4. The molecule has 0 radical (unpaired) electrons. The lowest BCUT2D eigenvalue weighted by atomic mass is 9.92. The Bertz CT molecular complexity index is 592. The van der Waals surface area contributed by atoms with E-state index in [1.807, 2.05) is 23.1 Å². The highest BCUT2D eigenvalue weighted by atomic mass is 16.7. The molecular weight excluding hydrogens is 282 g/mol. The highest BCUT2D eigenvalue weighted by molar-refractivity contribution is 5.90. The zero-order valence-corrected chi connectivity index (χ0v) is 12.7. The van der Waals surface area contributed by atoms with Crippen LogP contribution in [0.1, 0.15) is 12.8 Å². The third kappa shape index (κ3) is 2.37. The second-order valence-corrected chi connectivity index (χ2v) is 6.36. The molecule has 0 aliphatic carbocycles. The van der Waals surface area contributed by atoms with E-state index in [1.165, 1.54) is 6.42 Å². The molecule has 22 heavy (non-hydrogen) atoms. The lowest BCUT2D eigenvalue weighted by molar-refractivity contribution is 0.137. The monoisotopic (exact) mass is 303 g/mol. The molecule has 0 spiro atoms. The third-order valence-corrected chi connectivity index (χ3v) is 4.95. The number of rotatable bonds is 1. The van der Waals surface area contributed by atoms with Crippen LogP contribution in [-0.2, 0) is 0 Å². The van der Waals surface area contributed by atoms with E-state index in [4.69, 9.17) is 9.47 Å². The lowest BCUT2D eigenvalue weighted by Gasteiger charge is -2.36. The Morgan fingerprint density at radius 2 is 2.05 bits per heavy atom. The summed E-state index contributed by atoms with van der Waals surface area (Å²) in [5, 5.41) is 2.99. The molecule has 3 aliphatic rings. The summed E-state index contributed by atoms with van der Waals surface area (Å²) in [6, 6.07) is 5.83. The number of amides is 2. The molecule has 2 atom stereocenters. The first kappa shape index (κ1) is 13.7. The van der Waals surface area contributed by atoms with Crippen molar-refractivity contribution in [3.63, 3.8) is 0 Å². The number of carbonyl (C=O) groups excluding carboxylic acids is 1. The van der Waals surface area contributed by atoms with Gasteiger partial charge in [-0.25, -0.2) is 4.79 Å². The van der Waals surface area contributed by atoms with Crippen molar-refractivity contribution in [2.24, 2.45) is 5.92 Å². The van der Waals surface area contributed by atoms with E-state index in [0.29, 0.717) is 17.7 Å². The second kappa shape index (κ2) is 5.35. The summed E-state index contributed by atoms with van der Waals surface area (Å²) < 4.78 is 10.6. The normalized spacial score (nSPS) is 26.9. The fourth-order valence-corrected chi connectivity index (χ4v) is 3.72. The van der Waals surface area contributed by atoms with Crippen LogP contribution in [0.15, 0.2) is 18.2 Å². The molecule has 118 valence electrons. The van der Waals surface area contributed by atoms with Crippen LogP contribution in [0, 0.1) is 5.92 Å². The van der Waals surface area contributed by atoms with E-state index in [-0.39, 0.29) is 12.8 Å². The molecule has 3 aliphatic heterocycles. The second-order valence-electron chi connectivity index (χ2n) is 6.36. The number of benzene rings is 1. The van der Waals surface area contributed by atoms with Gasteiger partial charge < -0.3 is 24.6 Å². The number of likely N-dealkylation sites (N-methyl/N-ethyl adjacent to an activating group) is 1. The van der Waals surface area contributed by atoms with Gasteiger partial charge in [-0.2, -0.15) is 0 Å². The van der Waals surface area contributed by atoms with Gasteiger partial charge in [0, 0.05) is 30.9 Å². The minimum atomic E-state index is -0.0123. The molecule has 0 bridgehead atoms. The first-order valence-electron chi connectivity index (χ1n) is 7.86. The number of anilines is 1. The maximum absolute atomic E-state index is 12.6. The molecule has 2 amide bonds. The van der Waals surface area contributed by atoms with Crippen LogP contribution in [0.25, 0.3) is 0 Å². The summed E-state index contributed by atoms with van der Waals surface area (Å²) in [5.74, 6) is 2.07. The van der Waals surface area contributed by atoms with E-state index < -0.39 is 0 Å². The number of ether oxygens (including phenoxy) is 2. The Balaban J connectivity index is 1.46. The standard InChI is InChI=1S/C16H21N3O3/c1-18-6-4-11-5-7-19(13(11)9-18)16(20)17-12-2-3-14-15(8-12)22-10-21-14/h2-3,8,11,13H,4-7,9-10H2,1H3,(H,17,20)/t11-,13-/m1/s1. The van der Waals surface area contributed by atoms with Gasteiger partial charge in [-0.1, -0.05) is 0 Å². The zero-order valence-electron chi connectivity index (χ0n) is 12.7. The van der Waals surface area contributed by atoms with Gasteiger partial charge >= 0.3 is 6.03 Å². The summed E-state index contributed by atoms with van der Waals surface area (Å²) in [6.45, 7) is 3.20. The number of hydrogen-bond donors (Lipinski definition) is 1. The van der Waals surface area contributed by atoms with Gasteiger partial charge in [0.15, 0.2) is 11.5 Å². The third-order valence-electron chi connectivity index (χ3n) is 4.95. The Labute approximate surface area is 130 Å². The Morgan fingerprint density at radius 3 is 2.95 bits per heavy atom. The van der Waals surface area contributed by atoms with Crippen molar-refractivity contribution in [2.75, 3.05) is 38.8 Å². The SMILES string of the molecule is CN1CC[C@@H]2CCN(C(=O)Nc3ccc4c(c3)OCO4)[C@@H]2C1. The first-order chi connectivity index (χ1) is 10.7. The molecule has 2 fully saturated rings. The number of urea groups is 1. The highest BCUT2D eigenvalue weighted by Crippen LogP contribution is 2.35. The number of fused-ring (bicyclic) bond motifs is 2. The van der Waals surface area contributed by atoms with E-state index in [2.05, 4.69) is 17.3 Å². The quantitative estimate of drug-likeness (QED) is 0.862. The van der Waals surface area contributed by atoms with E-state index in [9.17, 15) is 4.79 Å². The van der Waals surface area contributed by atoms with Crippen LogP contribution in [0.4, 0.5) is 10.5 Å². The average molecular weight is 303 g/mol. The first-order valence-corrected chi connectivity index (χ1v) is 7.86. The van der Waals surface area contributed by atoms with Crippen molar-refractivity contribution >= 4 is 11.7 Å². The predicted molar refractivity (Wildman–Crippen MR) is 82.3 cm³/mol. The Morgan fingerprint density at radius 1 is 1.23 bits per heavy atom. The van der Waals surface area contributed by atoms with Crippen molar-refractivity contribution in [3.05, 3.63) is 18.2 Å². The lowest BCUT2D eigenvalue weighted by Crippen LogP contribution is -2.49. The van der Waals surface area contributed by atoms with Crippen LogP contribution in [0.3, 0.4) is 0 Å². The van der Waals surface area contributed by atoms with Gasteiger partial charge in [-0.05, 0) is 44.5 Å². The minimum Gasteiger partial charge on any atom is -0.454 e. The highest BCUT2D eigenvalue weighted by Gasteiger charge is 2.39. The molecular formula is C16H21N3O3. The molecule has 2 saturated heterocycles. The van der Waals surface area contributed by atoms with Crippen molar-refractivity contribution in [3.8, 4) is 11.5 Å². The molecule has 1 N–H and O–H groups in total. The van der Waals surface area contributed by atoms with Gasteiger partial charge in [0.1, 0.15) is 0 Å². The van der Waals surface area contributed by atoms with Gasteiger partial charge in [-0.3, -0.25) is 0 Å². The van der Waals surface area contributed by atoms with Crippen LogP contribution in [0.2, 0.25) is 0 Å². The fourth-order valence-electron chi connectivity index (χ4n) is 3.72. The summed E-state index contributed by atoms with van der Waals surface area (Å²) in [5.41, 5.74) is 0.752. The van der Waals surface area contributed by atoms with Crippen LogP contribution in [0.5, 0.6) is 11.5 Å². The zero-order chi connectivity index (χ0) is 15.1. The van der Waals surface area contributed by atoms with Gasteiger partial charge in [-0.15, -0.1) is 0 Å². The van der Waals surface area contributed by atoms with E-state index in [0.717, 1.165) is 37.5 Å². The molecule has 6 nitrogen and oxygen atoms in total. The maximum Gasteiger partial charge on any atom is 0.322 e. The van der Waals surface area contributed by atoms with Gasteiger partial charge in [0.2, 0.25) is 6.79 Å². The number of nitrogens with one attached hydrogen (secondary N) is 1. The number of carbonyl (C=O) groups is 1. The minimum absolute atomic E-state index is 0.0123. The van der Waals surface area contributed by atoms with Crippen molar-refractivity contribution in [2.45, 2.75) is 18.9 Å². The smallest absolute Gasteiger partial charge is 0.322 e. The van der Waals surface area contributed by atoms with Crippen LogP contribution < -0.4 is 14.8 Å². The largest absolute Gasteiger partial charge is 0.454 e.